The van der Waals surface area contributed by atoms with Crippen molar-refractivity contribution in [2.24, 2.45) is 5.92 Å². The molecule has 4 unspecified atom stereocenters. The Labute approximate surface area is 90.6 Å². The van der Waals surface area contributed by atoms with Gasteiger partial charge in [0.25, 0.3) is 0 Å². The maximum absolute atomic E-state index is 5.82. The number of thiocarbonyl (C=S) groups is 1. The molecular formula is C10H18N2OS. The third-order valence-electron chi connectivity index (χ3n) is 3.38. The van der Waals surface area contributed by atoms with E-state index in [1.54, 1.807) is 0 Å². The van der Waals surface area contributed by atoms with Gasteiger partial charge in [-0.3, -0.25) is 0 Å². The van der Waals surface area contributed by atoms with Gasteiger partial charge in [0.05, 0.1) is 12.2 Å². The van der Waals surface area contributed by atoms with Crippen LogP contribution in [0, 0.1) is 5.92 Å². The molecule has 2 aliphatic heterocycles. The summed E-state index contributed by atoms with van der Waals surface area (Å²) in [5.41, 5.74) is 0. The van der Waals surface area contributed by atoms with Gasteiger partial charge in [-0.15, -0.1) is 0 Å². The molecule has 2 bridgehead atoms. The molecule has 0 saturated carbocycles. The zero-order chi connectivity index (χ0) is 10.1. The molecular weight excluding hydrogens is 196 g/mol. The van der Waals surface area contributed by atoms with Crippen molar-refractivity contribution in [3.8, 4) is 0 Å². The van der Waals surface area contributed by atoms with Crippen LogP contribution in [0.4, 0.5) is 0 Å². The highest BCUT2D eigenvalue weighted by Crippen LogP contribution is 2.40. The first-order valence-electron chi connectivity index (χ1n) is 5.34. The molecule has 0 aromatic rings. The number of rotatable bonds is 2. The first-order chi connectivity index (χ1) is 6.70. The summed E-state index contributed by atoms with van der Waals surface area (Å²) in [6.07, 6.45) is 4.68. The minimum atomic E-state index is 0.422. The Kier molecular flexibility index (Phi) is 2.93. The summed E-state index contributed by atoms with van der Waals surface area (Å²) >= 11 is 5.09. The van der Waals surface area contributed by atoms with E-state index in [1.807, 2.05) is 7.05 Å². The Morgan fingerprint density at radius 3 is 2.79 bits per heavy atom. The third-order valence-corrected chi connectivity index (χ3v) is 3.70. The Hall–Kier alpha value is -0.350. The van der Waals surface area contributed by atoms with Crippen LogP contribution in [0.3, 0.4) is 0 Å². The summed E-state index contributed by atoms with van der Waals surface area (Å²) in [6, 6.07) is 0.422. The van der Waals surface area contributed by atoms with Crippen LogP contribution in [0.15, 0.2) is 0 Å². The standard InChI is InChI=1S/C10H18N2OS/c1-6(12-10(14)11-2)8-5-7-3-4-9(8)13-7/h6-9H,3-5H2,1-2H3,(H2,11,12,14). The molecule has 2 aliphatic rings. The first kappa shape index (κ1) is 10.2. The number of hydrogen-bond donors (Lipinski definition) is 2. The van der Waals surface area contributed by atoms with Crippen molar-refractivity contribution in [2.75, 3.05) is 7.05 Å². The molecule has 80 valence electrons. The number of nitrogens with one attached hydrogen (secondary N) is 2. The van der Waals surface area contributed by atoms with E-state index in [1.165, 1.54) is 19.3 Å². The molecule has 3 nitrogen and oxygen atoms in total. The summed E-state index contributed by atoms with van der Waals surface area (Å²) in [5, 5.41) is 6.98. The third kappa shape index (κ3) is 1.86. The van der Waals surface area contributed by atoms with Gasteiger partial charge in [0, 0.05) is 19.0 Å². The van der Waals surface area contributed by atoms with Crippen LogP contribution in [0.25, 0.3) is 0 Å². The van der Waals surface area contributed by atoms with Gasteiger partial charge in [-0.2, -0.15) is 0 Å². The van der Waals surface area contributed by atoms with Crippen molar-refractivity contribution < 1.29 is 4.74 Å². The van der Waals surface area contributed by atoms with Gasteiger partial charge in [-0.25, -0.2) is 0 Å². The smallest absolute Gasteiger partial charge is 0.166 e. The zero-order valence-corrected chi connectivity index (χ0v) is 9.56. The highest BCUT2D eigenvalue weighted by Gasteiger charge is 2.43. The second-order valence-corrected chi connectivity index (χ2v) is 4.69. The number of ether oxygens (including phenoxy) is 1. The van der Waals surface area contributed by atoms with E-state index in [2.05, 4.69) is 17.6 Å². The molecule has 2 saturated heterocycles. The van der Waals surface area contributed by atoms with Gasteiger partial charge in [0.15, 0.2) is 5.11 Å². The van der Waals surface area contributed by atoms with Crippen LogP contribution >= 0.6 is 12.2 Å². The van der Waals surface area contributed by atoms with Crippen molar-refractivity contribution in [3.63, 3.8) is 0 Å². The summed E-state index contributed by atoms with van der Waals surface area (Å²) in [6.45, 7) is 2.19. The lowest BCUT2D eigenvalue weighted by Crippen LogP contribution is -2.45. The molecule has 14 heavy (non-hydrogen) atoms. The zero-order valence-electron chi connectivity index (χ0n) is 8.75. The second kappa shape index (κ2) is 4.03. The van der Waals surface area contributed by atoms with E-state index in [-0.39, 0.29) is 0 Å². The molecule has 0 aromatic heterocycles. The maximum Gasteiger partial charge on any atom is 0.166 e. The highest BCUT2D eigenvalue weighted by molar-refractivity contribution is 7.80. The molecule has 2 heterocycles. The highest BCUT2D eigenvalue weighted by atomic mass is 32.1. The Morgan fingerprint density at radius 1 is 1.50 bits per heavy atom. The summed E-state index contributed by atoms with van der Waals surface area (Å²) < 4.78 is 5.82. The van der Waals surface area contributed by atoms with Crippen LogP contribution in [0.5, 0.6) is 0 Å². The molecule has 2 N–H and O–H groups in total. The summed E-state index contributed by atoms with van der Waals surface area (Å²) in [4.78, 5) is 0. The molecule has 2 fully saturated rings. The maximum atomic E-state index is 5.82. The average Bonchev–Trinajstić information content (AvgIpc) is 2.78. The fourth-order valence-corrected chi connectivity index (χ4v) is 2.78. The largest absolute Gasteiger partial charge is 0.375 e. The van der Waals surface area contributed by atoms with Gasteiger partial charge >= 0.3 is 0 Å². The Balaban J connectivity index is 1.86. The Bertz CT molecular complexity index is 234. The van der Waals surface area contributed by atoms with Crippen LogP contribution in [-0.4, -0.2) is 30.4 Å². The van der Waals surface area contributed by atoms with Crippen molar-refractivity contribution in [3.05, 3.63) is 0 Å². The summed E-state index contributed by atoms with van der Waals surface area (Å²) in [7, 11) is 1.85. The first-order valence-corrected chi connectivity index (χ1v) is 5.75. The normalized spacial score (nSPS) is 36.9. The SMILES string of the molecule is CNC(=S)NC(C)C1CC2CCC1O2. The van der Waals surface area contributed by atoms with Gasteiger partial charge in [0.2, 0.25) is 0 Å². The fraction of sp³-hybridized carbons (Fsp3) is 0.900. The average molecular weight is 214 g/mol. The minimum absolute atomic E-state index is 0.422. The number of fused-ring (bicyclic) bond motifs is 2. The lowest BCUT2D eigenvalue weighted by Gasteiger charge is -2.26. The predicted molar refractivity (Wildman–Crippen MR) is 60.3 cm³/mol. The van der Waals surface area contributed by atoms with Crippen LogP contribution in [0.2, 0.25) is 0 Å². The molecule has 0 radical (unpaired) electrons. The lowest BCUT2D eigenvalue weighted by molar-refractivity contribution is 0.0883. The van der Waals surface area contributed by atoms with Crippen LogP contribution in [0.1, 0.15) is 26.2 Å². The second-order valence-electron chi connectivity index (χ2n) is 4.29. The molecule has 4 heteroatoms. The monoisotopic (exact) mass is 214 g/mol. The lowest BCUT2D eigenvalue weighted by atomic mass is 9.84. The minimum Gasteiger partial charge on any atom is -0.375 e. The van der Waals surface area contributed by atoms with Crippen LogP contribution < -0.4 is 10.6 Å². The van der Waals surface area contributed by atoms with Gasteiger partial charge in [0.1, 0.15) is 0 Å². The van der Waals surface area contributed by atoms with E-state index in [4.69, 9.17) is 17.0 Å². The van der Waals surface area contributed by atoms with E-state index in [0.29, 0.717) is 24.2 Å². The summed E-state index contributed by atoms with van der Waals surface area (Å²) in [5.74, 6) is 0.639. The molecule has 0 aliphatic carbocycles. The quantitative estimate of drug-likeness (QED) is 0.673. The molecule has 0 aromatic carbocycles. The predicted octanol–water partition coefficient (Wildman–Crippen LogP) is 1.04. The van der Waals surface area contributed by atoms with E-state index >= 15 is 0 Å². The van der Waals surface area contributed by atoms with Crippen molar-refractivity contribution in [1.29, 1.82) is 0 Å². The van der Waals surface area contributed by atoms with Crippen molar-refractivity contribution >= 4 is 17.3 Å². The molecule has 0 spiro atoms. The molecule has 2 rings (SSSR count). The van der Waals surface area contributed by atoms with Crippen molar-refractivity contribution in [2.45, 2.75) is 44.4 Å². The molecule has 0 amide bonds. The van der Waals surface area contributed by atoms with Gasteiger partial charge in [-0.1, -0.05) is 0 Å². The van der Waals surface area contributed by atoms with Gasteiger partial charge in [-0.05, 0) is 38.4 Å². The van der Waals surface area contributed by atoms with E-state index in [0.717, 1.165) is 5.11 Å². The topological polar surface area (TPSA) is 33.3 Å². The van der Waals surface area contributed by atoms with E-state index in [9.17, 15) is 0 Å². The van der Waals surface area contributed by atoms with Crippen molar-refractivity contribution in [1.82, 2.24) is 10.6 Å². The van der Waals surface area contributed by atoms with Gasteiger partial charge < -0.3 is 15.4 Å². The fourth-order valence-electron chi connectivity index (χ4n) is 2.59. The Morgan fingerprint density at radius 2 is 2.29 bits per heavy atom. The number of hydrogen-bond acceptors (Lipinski definition) is 2. The van der Waals surface area contributed by atoms with Crippen LogP contribution in [-0.2, 0) is 4.74 Å². The molecule has 4 atom stereocenters. The van der Waals surface area contributed by atoms with E-state index < -0.39 is 0 Å².